The topological polar surface area (TPSA) is 95.7 Å². The van der Waals surface area contributed by atoms with E-state index in [0.29, 0.717) is 12.5 Å². The van der Waals surface area contributed by atoms with Gasteiger partial charge in [-0.2, -0.15) is 0 Å². The van der Waals surface area contributed by atoms with E-state index in [0.717, 1.165) is 32.0 Å². The lowest BCUT2D eigenvalue weighted by molar-refractivity contribution is 0.0651. The molecular formula is C12H17N3O4. The lowest BCUT2D eigenvalue weighted by Crippen LogP contribution is -2.39. The Hall–Kier alpha value is -1.89. The molecule has 2 heterocycles. The van der Waals surface area contributed by atoms with Crippen LogP contribution in [0.1, 0.15) is 33.9 Å². The van der Waals surface area contributed by atoms with Crippen molar-refractivity contribution in [3.63, 3.8) is 0 Å². The van der Waals surface area contributed by atoms with Crippen LogP contribution < -0.4 is 5.32 Å². The molecule has 1 aliphatic heterocycles. The second-order valence-electron chi connectivity index (χ2n) is 4.86. The van der Waals surface area contributed by atoms with Crippen LogP contribution in [0.5, 0.6) is 0 Å². The molecule has 0 saturated carbocycles. The lowest BCUT2D eigenvalue weighted by atomic mass is 9.98. The smallest absolute Gasteiger partial charge is 0.374 e. The van der Waals surface area contributed by atoms with E-state index in [4.69, 9.17) is 5.11 Å². The van der Waals surface area contributed by atoms with E-state index >= 15 is 0 Å². The number of piperidine rings is 1. The predicted molar refractivity (Wildman–Crippen MR) is 66.0 cm³/mol. The minimum absolute atomic E-state index is 0.00145. The van der Waals surface area contributed by atoms with Gasteiger partial charge in [-0.3, -0.25) is 4.79 Å². The molecule has 1 fully saturated rings. The number of carbonyl (C=O) groups excluding carboxylic acids is 1. The Morgan fingerprint density at radius 1 is 1.63 bits per heavy atom. The molecule has 0 spiro atoms. The zero-order valence-electron chi connectivity index (χ0n) is 10.8. The van der Waals surface area contributed by atoms with Crippen molar-refractivity contribution in [2.45, 2.75) is 12.8 Å². The molecule has 0 aliphatic carbocycles. The monoisotopic (exact) mass is 267 g/mol. The lowest BCUT2D eigenvalue weighted by Gasteiger charge is -2.29. The van der Waals surface area contributed by atoms with E-state index in [9.17, 15) is 9.59 Å². The second-order valence-corrected chi connectivity index (χ2v) is 4.86. The van der Waals surface area contributed by atoms with Gasteiger partial charge in [-0.25, -0.2) is 4.79 Å². The zero-order valence-corrected chi connectivity index (χ0v) is 10.8. The molecule has 7 heteroatoms. The van der Waals surface area contributed by atoms with Crippen LogP contribution in [0, 0.1) is 5.92 Å². The number of nitrogens with zero attached hydrogens (tertiary/aromatic N) is 2. The summed E-state index contributed by atoms with van der Waals surface area (Å²) in [6.45, 7) is 2.62. The Kier molecular flexibility index (Phi) is 4.16. The third kappa shape index (κ3) is 3.54. The van der Waals surface area contributed by atoms with Crippen molar-refractivity contribution in [2.24, 2.45) is 5.92 Å². The first-order valence-corrected chi connectivity index (χ1v) is 6.23. The number of aromatic carboxylic acids is 1. The Morgan fingerprint density at radius 3 is 3.05 bits per heavy atom. The van der Waals surface area contributed by atoms with Crippen LogP contribution >= 0.6 is 0 Å². The summed E-state index contributed by atoms with van der Waals surface area (Å²) in [5.41, 5.74) is 0.00145. The highest BCUT2D eigenvalue weighted by atomic mass is 16.5. The van der Waals surface area contributed by atoms with Gasteiger partial charge < -0.3 is 19.8 Å². The zero-order chi connectivity index (χ0) is 13.8. The fraction of sp³-hybridized carbons (Fsp3) is 0.583. The Morgan fingerprint density at radius 2 is 2.42 bits per heavy atom. The molecule has 104 valence electrons. The van der Waals surface area contributed by atoms with Gasteiger partial charge in [-0.15, -0.1) is 0 Å². The molecule has 1 saturated heterocycles. The molecular weight excluding hydrogens is 250 g/mol. The van der Waals surface area contributed by atoms with Crippen LogP contribution in [0.4, 0.5) is 0 Å². The highest BCUT2D eigenvalue weighted by Gasteiger charge is 2.20. The van der Waals surface area contributed by atoms with Crippen molar-refractivity contribution >= 4 is 11.9 Å². The summed E-state index contributed by atoms with van der Waals surface area (Å²) >= 11 is 0. The summed E-state index contributed by atoms with van der Waals surface area (Å²) < 4.78 is 4.54. The molecule has 2 N–H and O–H groups in total. The van der Waals surface area contributed by atoms with Gasteiger partial charge in [0.25, 0.3) is 5.91 Å². The van der Waals surface area contributed by atoms with Gasteiger partial charge in [-0.1, -0.05) is 5.16 Å². The number of aromatic nitrogens is 1. The number of hydrogen-bond donors (Lipinski definition) is 2. The number of amides is 1. The van der Waals surface area contributed by atoms with Crippen molar-refractivity contribution in [1.29, 1.82) is 0 Å². The van der Waals surface area contributed by atoms with Crippen LogP contribution in [-0.4, -0.2) is 53.7 Å². The maximum Gasteiger partial charge on any atom is 0.374 e. The summed E-state index contributed by atoms with van der Waals surface area (Å²) in [5.74, 6) is -1.54. The van der Waals surface area contributed by atoms with Crippen molar-refractivity contribution in [2.75, 3.05) is 26.7 Å². The van der Waals surface area contributed by atoms with E-state index in [1.54, 1.807) is 0 Å². The molecule has 0 bridgehead atoms. The predicted octanol–water partition coefficient (Wildman–Crippen LogP) is 0.444. The quantitative estimate of drug-likeness (QED) is 0.822. The van der Waals surface area contributed by atoms with Gasteiger partial charge in [0.1, 0.15) is 0 Å². The van der Waals surface area contributed by atoms with Crippen LogP contribution in [0.15, 0.2) is 10.6 Å². The van der Waals surface area contributed by atoms with Gasteiger partial charge in [0.15, 0.2) is 5.69 Å². The highest BCUT2D eigenvalue weighted by Crippen LogP contribution is 2.14. The average Bonchev–Trinajstić information content (AvgIpc) is 2.86. The Labute approximate surface area is 110 Å². The molecule has 1 unspecified atom stereocenters. The van der Waals surface area contributed by atoms with Gasteiger partial charge in [0, 0.05) is 19.2 Å². The maximum atomic E-state index is 11.8. The van der Waals surface area contributed by atoms with Gasteiger partial charge in [0.2, 0.25) is 5.76 Å². The summed E-state index contributed by atoms with van der Waals surface area (Å²) in [5, 5.41) is 14.9. The molecule has 0 radical (unpaired) electrons. The fourth-order valence-electron chi connectivity index (χ4n) is 2.25. The van der Waals surface area contributed by atoms with E-state index in [1.165, 1.54) is 0 Å². The number of likely N-dealkylation sites (tertiary alicyclic amines) is 1. The van der Waals surface area contributed by atoms with Crippen LogP contribution in [0.3, 0.4) is 0 Å². The third-order valence-corrected chi connectivity index (χ3v) is 3.23. The number of carbonyl (C=O) groups is 2. The molecule has 1 aliphatic rings. The first-order valence-electron chi connectivity index (χ1n) is 6.23. The molecule has 1 aromatic heterocycles. The first kappa shape index (κ1) is 13.5. The second kappa shape index (κ2) is 5.83. The number of carboxylic acid groups (broad SMARTS) is 1. The number of nitrogens with one attached hydrogen (secondary N) is 1. The maximum absolute atomic E-state index is 11.8. The molecule has 1 atom stereocenters. The SMILES string of the molecule is CN1CCCC(CNC(=O)c2cc(C(=O)O)on2)C1. The van der Waals surface area contributed by atoms with Crippen LogP contribution in [0.25, 0.3) is 0 Å². The molecule has 0 aromatic carbocycles. The van der Waals surface area contributed by atoms with Crippen molar-refractivity contribution < 1.29 is 19.2 Å². The van der Waals surface area contributed by atoms with Crippen LogP contribution in [0.2, 0.25) is 0 Å². The highest BCUT2D eigenvalue weighted by molar-refractivity contribution is 5.94. The van der Waals surface area contributed by atoms with E-state index < -0.39 is 11.9 Å². The minimum Gasteiger partial charge on any atom is -0.475 e. The number of hydrogen-bond acceptors (Lipinski definition) is 5. The van der Waals surface area contributed by atoms with Crippen LogP contribution in [-0.2, 0) is 0 Å². The molecule has 7 nitrogen and oxygen atoms in total. The average molecular weight is 267 g/mol. The largest absolute Gasteiger partial charge is 0.475 e. The molecule has 1 aromatic rings. The third-order valence-electron chi connectivity index (χ3n) is 3.23. The van der Waals surface area contributed by atoms with Crippen molar-refractivity contribution in [3.05, 3.63) is 17.5 Å². The minimum atomic E-state index is -1.24. The summed E-state index contributed by atoms with van der Waals surface area (Å²) in [6.07, 6.45) is 2.22. The summed E-state index contributed by atoms with van der Waals surface area (Å²) in [4.78, 5) is 24.6. The van der Waals surface area contributed by atoms with Crippen molar-refractivity contribution in [3.8, 4) is 0 Å². The Bertz CT molecular complexity index is 471. The number of rotatable bonds is 4. The molecule has 19 heavy (non-hydrogen) atoms. The normalized spacial score (nSPS) is 20.2. The fourth-order valence-corrected chi connectivity index (χ4v) is 2.25. The van der Waals surface area contributed by atoms with E-state index in [2.05, 4.69) is 26.9 Å². The van der Waals surface area contributed by atoms with E-state index in [1.807, 2.05) is 0 Å². The van der Waals surface area contributed by atoms with Gasteiger partial charge >= 0.3 is 5.97 Å². The summed E-state index contributed by atoms with van der Waals surface area (Å²) in [7, 11) is 2.06. The standard InChI is InChI=1S/C12H17N3O4/c1-15-4-2-3-8(7-15)6-13-11(16)9-5-10(12(17)18)19-14-9/h5,8H,2-4,6-7H2,1H3,(H,13,16)(H,17,18). The number of carboxylic acids is 1. The van der Waals surface area contributed by atoms with Gasteiger partial charge in [0.05, 0.1) is 0 Å². The molecule has 1 amide bonds. The Balaban J connectivity index is 1.85. The van der Waals surface area contributed by atoms with Crippen molar-refractivity contribution in [1.82, 2.24) is 15.4 Å². The molecule has 2 rings (SSSR count). The van der Waals surface area contributed by atoms with Gasteiger partial charge in [-0.05, 0) is 32.4 Å². The van der Waals surface area contributed by atoms with E-state index in [-0.39, 0.29) is 11.5 Å². The summed E-state index contributed by atoms with van der Waals surface area (Å²) in [6, 6.07) is 1.13. The first-order chi connectivity index (χ1) is 9.06.